The highest BCUT2D eigenvalue weighted by molar-refractivity contribution is 14.0. The summed E-state index contributed by atoms with van der Waals surface area (Å²) in [7, 11) is -3.26. The van der Waals surface area contributed by atoms with Crippen molar-refractivity contribution in [1.29, 1.82) is 0 Å². The zero-order valence-electron chi connectivity index (χ0n) is 15.5. The molecule has 0 bridgehead atoms. The Morgan fingerprint density at radius 2 is 1.85 bits per heavy atom. The molecule has 0 amide bonds. The van der Waals surface area contributed by atoms with Gasteiger partial charge in [0.1, 0.15) is 0 Å². The molecule has 1 rings (SSSR count). The van der Waals surface area contributed by atoms with Gasteiger partial charge in [0.15, 0.2) is 5.96 Å². The fraction of sp³-hybridized carbons (Fsp3) is 0.933. The average Bonchev–Trinajstić information content (AvgIpc) is 2.55. The van der Waals surface area contributed by atoms with E-state index < -0.39 is 15.5 Å². The number of aliphatic imine (C=N–C) groups is 1. The van der Waals surface area contributed by atoms with Crippen molar-refractivity contribution >= 4 is 40.0 Å². The predicted octanol–water partition coefficient (Wildman–Crippen LogP) is 2.86. The number of hydrogen-bond acceptors (Lipinski definition) is 3. The first-order valence-electron chi connectivity index (χ1n) is 8.69. The van der Waals surface area contributed by atoms with E-state index in [2.05, 4.69) is 17.2 Å². The van der Waals surface area contributed by atoms with E-state index in [-0.39, 0.29) is 43.0 Å². The molecule has 0 atom stereocenters. The van der Waals surface area contributed by atoms with E-state index in [4.69, 9.17) is 0 Å². The Morgan fingerprint density at radius 3 is 2.31 bits per heavy atom. The van der Waals surface area contributed by atoms with Gasteiger partial charge in [-0.2, -0.15) is 17.5 Å². The van der Waals surface area contributed by atoms with Gasteiger partial charge in [-0.15, -0.1) is 24.0 Å². The molecule has 0 saturated carbocycles. The molecule has 1 N–H and O–H groups in total. The number of rotatable bonds is 7. The standard InChI is InChI=1S/C15H29F3N4O2S.HI/c1-4-6-9-21(3)14(19-5-2)20-12-13-7-10-22(11-8-13)25(23,24)15(16,17)18;/h13H,4-12H2,1-3H3,(H,19,20);1H. The Hall–Kier alpha value is -0.300. The van der Waals surface area contributed by atoms with Crippen molar-refractivity contribution in [1.82, 2.24) is 14.5 Å². The number of piperidine rings is 1. The molecular weight excluding hydrogens is 484 g/mol. The van der Waals surface area contributed by atoms with Gasteiger partial charge in [0.05, 0.1) is 0 Å². The summed E-state index contributed by atoms with van der Waals surface area (Å²) in [5.41, 5.74) is -5.22. The highest BCUT2D eigenvalue weighted by Gasteiger charge is 2.50. The van der Waals surface area contributed by atoms with Crippen molar-refractivity contribution in [2.75, 3.05) is 39.8 Å². The van der Waals surface area contributed by atoms with Crippen molar-refractivity contribution in [2.45, 2.75) is 45.0 Å². The Labute approximate surface area is 171 Å². The van der Waals surface area contributed by atoms with Gasteiger partial charge in [-0.05, 0) is 32.1 Å². The smallest absolute Gasteiger partial charge is 0.357 e. The average molecular weight is 514 g/mol. The van der Waals surface area contributed by atoms with Crippen LogP contribution in [0.4, 0.5) is 13.2 Å². The number of nitrogens with zero attached hydrogens (tertiary/aromatic N) is 3. The lowest BCUT2D eigenvalue weighted by Crippen LogP contribution is -2.45. The van der Waals surface area contributed by atoms with Crippen molar-refractivity contribution in [3.05, 3.63) is 0 Å². The van der Waals surface area contributed by atoms with Crippen molar-refractivity contribution in [2.24, 2.45) is 10.9 Å². The molecule has 0 radical (unpaired) electrons. The van der Waals surface area contributed by atoms with E-state index in [0.717, 1.165) is 31.9 Å². The second-order valence-corrected chi connectivity index (χ2v) is 8.19. The number of hydrogen-bond donors (Lipinski definition) is 1. The summed E-state index contributed by atoms with van der Waals surface area (Å²) in [5, 5.41) is 3.20. The maximum absolute atomic E-state index is 12.6. The fourth-order valence-electron chi connectivity index (χ4n) is 2.67. The molecule has 26 heavy (non-hydrogen) atoms. The molecule has 1 heterocycles. The van der Waals surface area contributed by atoms with E-state index in [0.29, 0.717) is 23.7 Å². The summed E-state index contributed by atoms with van der Waals surface area (Å²) in [6, 6.07) is 0. The van der Waals surface area contributed by atoms with Gasteiger partial charge in [-0.25, -0.2) is 8.42 Å². The predicted molar refractivity (Wildman–Crippen MR) is 108 cm³/mol. The van der Waals surface area contributed by atoms with Crippen molar-refractivity contribution < 1.29 is 21.6 Å². The second kappa shape index (κ2) is 11.5. The number of alkyl halides is 3. The van der Waals surface area contributed by atoms with Gasteiger partial charge < -0.3 is 10.2 Å². The number of sulfonamides is 1. The van der Waals surface area contributed by atoms with Crippen LogP contribution in [0, 0.1) is 5.92 Å². The summed E-state index contributed by atoms with van der Waals surface area (Å²) < 4.78 is 61.1. The second-order valence-electron chi connectivity index (χ2n) is 6.26. The van der Waals surface area contributed by atoms with Gasteiger partial charge in [0, 0.05) is 39.8 Å². The van der Waals surface area contributed by atoms with Crippen LogP contribution in [0.25, 0.3) is 0 Å². The zero-order valence-corrected chi connectivity index (χ0v) is 18.7. The van der Waals surface area contributed by atoms with Crippen LogP contribution in [0.2, 0.25) is 0 Å². The molecule has 0 aliphatic carbocycles. The van der Waals surface area contributed by atoms with E-state index in [1.807, 2.05) is 18.9 Å². The first-order chi connectivity index (χ1) is 11.6. The SMILES string of the molecule is CCCCN(C)C(=NCC1CCN(S(=O)(=O)C(F)(F)F)CC1)NCC.I. The summed E-state index contributed by atoms with van der Waals surface area (Å²) in [6.45, 7) is 5.97. The summed E-state index contributed by atoms with van der Waals surface area (Å²) >= 11 is 0. The maximum atomic E-state index is 12.6. The summed E-state index contributed by atoms with van der Waals surface area (Å²) in [4.78, 5) is 6.61. The van der Waals surface area contributed by atoms with Crippen LogP contribution in [0.3, 0.4) is 0 Å². The third kappa shape index (κ3) is 7.37. The Bertz CT molecular complexity index is 535. The van der Waals surface area contributed by atoms with Gasteiger partial charge in [-0.3, -0.25) is 4.99 Å². The third-order valence-corrected chi connectivity index (χ3v) is 5.88. The molecule has 1 saturated heterocycles. The van der Waals surface area contributed by atoms with Gasteiger partial charge >= 0.3 is 15.5 Å². The number of unbranched alkanes of at least 4 members (excludes halogenated alkanes) is 1. The minimum Gasteiger partial charge on any atom is -0.357 e. The van der Waals surface area contributed by atoms with Gasteiger partial charge in [0.2, 0.25) is 0 Å². The molecule has 0 aromatic heterocycles. The topological polar surface area (TPSA) is 65.0 Å². The molecule has 1 fully saturated rings. The summed E-state index contributed by atoms with van der Waals surface area (Å²) in [6.07, 6.45) is 2.90. The molecule has 6 nitrogen and oxygen atoms in total. The number of guanidine groups is 1. The third-order valence-electron chi connectivity index (χ3n) is 4.25. The van der Waals surface area contributed by atoms with Crippen LogP contribution in [-0.2, 0) is 10.0 Å². The Kier molecular flexibility index (Phi) is 11.4. The van der Waals surface area contributed by atoms with Crippen LogP contribution in [-0.4, -0.2) is 68.9 Å². The first kappa shape index (κ1) is 25.7. The number of nitrogens with one attached hydrogen (secondary N) is 1. The lowest BCUT2D eigenvalue weighted by Gasteiger charge is -2.31. The minimum atomic E-state index is -5.22. The van der Waals surface area contributed by atoms with Gasteiger partial charge in [0.25, 0.3) is 0 Å². The largest absolute Gasteiger partial charge is 0.511 e. The highest BCUT2D eigenvalue weighted by Crippen LogP contribution is 2.30. The van der Waals surface area contributed by atoms with E-state index in [1.54, 1.807) is 0 Å². The van der Waals surface area contributed by atoms with E-state index >= 15 is 0 Å². The molecule has 156 valence electrons. The normalized spacial score (nSPS) is 17.7. The van der Waals surface area contributed by atoms with Gasteiger partial charge in [-0.1, -0.05) is 13.3 Å². The molecule has 0 aromatic carbocycles. The van der Waals surface area contributed by atoms with Crippen molar-refractivity contribution in [3.63, 3.8) is 0 Å². The summed E-state index contributed by atoms with van der Waals surface area (Å²) in [5.74, 6) is 0.870. The molecule has 0 aromatic rings. The maximum Gasteiger partial charge on any atom is 0.511 e. The molecule has 0 spiro atoms. The first-order valence-corrected chi connectivity index (χ1v) is 10.1. The van der Waals surface area contributed by atoms with Crippen LogP contribution in [0.1, 0.15) is 39.5 Å². The number of halogens is 4. The van der Waals surface area contributed by atoms with Crippen LogP contribution in [0.5, 0.6) is 0 Å². The zero-order chi connectivity index (χ0) is 19.1. The van der Waals surface area contributed by atoms with E-state index in [1.165, 1.54) is 0 Å². The molecule has 1 aliphatic heterocycles. The lowest BCUT2D eigenvalue weighted by atomic mass is 9.98. The highest BCUT2D eigenvalue weighted by atomic mass is 127. The fourth-order valence-corrected chi connectivity index (χ4v) is 3.65. The lowest BCUT2D eigenvalue weighted by molar-refractivity contribution is -0.0496. The molecule has 0 unspecified atom stereocenters. The molecule has 11 heteroatoms. The molecular formula is C15H30F3IN4O2S. The van der Waals surface area contributed by atoms with Crippen molar-refractivity contribution in [3.8, 4) is 0 Å². The van der Waals surface area contributed by atoms with Crippen LogP contribution in [0.15, 0.2) is 4.99 Å². The van der Waals surface area contributed by atoms with Crippen LogP contribution >= 0.6 is 24.0 Å². The van der Waals surface area contributed by atoms with Crippen LogP contribution < -0.4 is 5.32 Å². The minimum absolute atomic E-state index is 0. The Morgan fingerprint density at radius 1 is 1.27 bits per heavy atom. The monoisotopic (exact) mass is 514 g/mol. The molecule has 1 aliphatic rings. The quantitative estimate of drug-likeness (QED) is 0.323. The Balaban J connectivity index is 0.00000625. The van der Waals surface area contributed by atoms with E-state index in [9.17, 15) is 21.6 Å².